The molecule has 0 radical (unpaired) electrons. The largest absolute Gasteiger partial charge is 0.372 e. The van der Waals surface area contributed by atoms with Crippen molar-refractivity contribution in [2.75, 3.05) is 24.2 Å². The Morgan fingerprint density at radius 3 is 2.79 bits per heavy atom. The van der Waals surface area contributed by atoms with E-state index in [1.54, 1.807) is 0 Å². The number of nitrogens with one attached hydrogen (secondary N) is 1. The molecule has 0 aromatic carbocycles. The fraction of sp³-hybridized carbons (Fsp3) is 0.900. The highest BCUT2D eigenvalue weighted by atomic mass is 127. The van der Waals surface area contributed by atoms with E-state index in [0.717, 1.165) is 19.4 Å². The summed E-state index contributed by atoms with van der Waals surface area (Å²) >= 11 is 2.37. The van der Waals surface area contributed by atoms with Crippen LogP contribution < -0.4 is 5.32 Å². The first kappa shape index (κ1) is 14.2. The lowest BCUT2D eigenvalue weighted by Crippen LogP contribution is -2.28. The van der Waals surface area contributed by atoms with Gasteiger partial charge in [-0.05, 0) is 23.7 Å². The molecule has 84 valence electrons. The van der Waals surface area contributed by atoms with Gasteiger partial charge in [0, 0.05) is 13.2 Å². The Morgan fingerprint density at radius 2 is 2.14 bits per heavy atom. The summed E-state index contributed by atoms with van der Waals surface area (Å²) < 4.78 is 6.31. The molecule has 0 aromatic rings. The van der Waals surface area contributed by atoms with Crippen LogP contribution in [0.25, 0.3) is 0 Å². The molecule has 1 N–H and O–H groups in total. The van der Waals surface area contributed by atoms with Crippen LogP contribution in [0.2, 0.25) is 0 Å². The minimum absolute atomic E-state index is 0.00734. The summed E-state index contributed by atoms with van der Waals surface area (Å²) in [5, 5.41) is 2.83. The van der Waals surface area contributed by atoms with Crippen LogP contribution in [-0.2, 0) is 9.53 Å². The summed E-state index contributed by atoms with van der Waals surface area (Å²) in [6, 6.07) is 0. The van der Waals surface area contributed by atoms with E-state index < -0.39 is 0 Å². The summed E-state index contributed by atoms with van der Waals surface area (Å²) in [4.78, 5) is 11.1. The van der Waals surface area contributed by atoms with Gasteiger partial charge in [-0.1, -0.05) is 35.9 Å². The third kappa shape index (κ3) is 10.2. The van der Waals surface area contributed by atoms with Crippen LogP contribution in [-0.4, -0.2) is 30.1 Å². The van der Waals surface area contributed by atoms with Gasteiger partial charge < -0.3 is 10.1 Å². The number of halogens is 1. The third-order valence-electron chi connectivity index (χ3n) is 1.71. The first-order valence-corrected chi connectivity index (χ1v) is 6.74. The number of ether oxygens (including phenoxy) is 1. The van der Waals surface area contributed by atoms with Gasteiger partial charge in [-0.3, -0.25) is 4.79 Å². The number of carbonyl (C=O) groups excluding carboxylic acids is 1. The van der Waals surface area contributed by atoms with Crippen LogP contribution in [0.5, 0.6) is 0 Å². The van der Waals surface area contributed by atoms with Gasteiger partial charge in [0.1, 0.15) is 6.61 Å². The maximum atomic E-state index is 11.1. The van der Waals surface area contributed by atoms with E-state index >= 15 is 0 Å². The van der Waals surface area contributed by atoms with Crippen LogP contribution in [0.4, 0.5) is 0 Å². The van der Waals surface area contributed by atoms with Crippen LogP contribution in [0, 0.1) is 0 Å². The van der Waals surface area contributed by atoms with Crippen LogP contribution in [0.3, 0.4) is 0 Å². The van der Waals surface area contributed by atoms with Crippen molar-refractivity contribution in [3.8, 4) is 0 Å². The first-order valence-electron chi connectivity index (χ1n) is 5.21. The molecule has 4 heteroatoms. The fourth-order valence-electron chi connectivity index (χ4n) is 0.984. The van der Waals surface area contributed by atoms with E-state index in [2.05, 4.69) is 27.9 Å². The fourth-order valence-corrected chi connectivity index (χ4v) is 1.52. The molecule has 0 aliphatic carbocycles. The quantitative estimate of drug-likeness (QED) is 0.402. The van der Waals surface area contributed by atoms with Gasteiger partial charge in [0.15, 0.2) is 0 Å². The molecule has 1 amide bonds. The molecule has 0 bridgehead atoms. The Kier molecular flexibility index (Phi) is 11.4. The third-order valence-corrected chi connectivity index (χ3v) is 2.48. The zero-order chi connectivity index (χ0) is 10.6. The highest BCUT2D eigenvalue weighted by Gasteiger charge is 1.98. The van der Waals surface area contributed by atoms with Crippen molar-refractivity contribution in [3.05, 3.63) is 0 Å². The Balaban J connectivity index is 3.10. The summed E-state index contributed by atoms with van der Waals surface area (Å²) in [5.41, 5.74) is 0. The maximum absolute atomic E-state index is 11.1. The molecular formula is C10H20INO2. The van der Waals surface area contributed by atoms with E-state index in [-0.39, 0.29) is 12.5 Å². The molecule has 0 heterocycles. The molecular weight excluding hydrogens is 293 g/mol. The topological polar surface area (TPSA) is 38.3 Å². The molecule has 0 fully saturated rings. The van der Waals surface area contributed by atoms with Gasteiger partial charge in [0.2, 0.25) is 5.91 Å². The Bertz CT molecular complexity index is 142. The Labute approximate surface area is 100 Å². The second-order valence-electron chi connectivity index (χ2n) is 3.15. The lowest BCUT2D eigenvalue weighted by atomic mass is 10.2. The number of amides is 1. The van der Waals surface area contributed by atoms with Gasteiger partial charge in [0.05, 0.1) is 0 Å². The Hall–Kier alpha value is 0.160. The van der Waals surface area contributed by atoms with Gasteiger partial charge in [-0.25, -0.2) is 0 Å². The van der Waals surface area contributed by atoms with Crippen molar-refractivity contribution < 1.29 is 9.53 Å². The molecule has 0 aromatic heterocycles. The molecule has 0 aliphatic rings. The molecule has 3 nitrogen and oxygen atoms in total. The molecule has 0 atom stereocenters. The zero-order valence-electron chi connectivity index (χ0n) is 8.85. The predicted octanol–water partition coefficient (Wildman–Crippen LogP) is 2.13. The van der Waals surface area contributed by atoms with E-state index in [4.69, 9.17) is 4.74 Å². The van der Waals surface area contributed by atoms with E-state index in [1.807, 2.05) is 6.92 Å². The summed E-state index contributed by atoms with van der Waals surface area (Å²) in [6.07, 6.45) is 4.47. The minimum Gasteiger partial charge on any atom is -0.372 e. The molecule has 0 rings (SSSR count). The average Bonchev–Trinajstić information content (AvgIpc) is 2.18. The number of alkyl halides is 1. The monoisotopic (exact) mass is 313 g/mol. The van der Waals surface area contributed by atoms with Crippen molar-refractivity contribution in [2.45, 2.75) is 32.6 Å². The second-order valence-corrected chi connectivity index (χ2v) is 4.23. The van der Waals surface area contributed by atoms with E-state index in [9.17, 15) is 4.79 Å². The normalized spacial score (nSPS) is 10.1. The highest BCUT2D eigenvalue weighted by molar-refractivity contribution is 14.1. The SMILES string of the molecule is CCCOCC(=O)NCCCCCI. The lowest BCUT2D eigenvalue weighted by Gasteiger charge is -2.04. The Morgan fingerprint density at radius 1 is 1.36 bits per heavy atom. The summed E-state index contributed by atoms with van der Waals surface area (Å²) in [7, 11) is 0. The number of rotatable bonds is 9. The number of hydrogen-bond acceptors (Lipinski definition) is 2. The number of unbranched alkanes of at least 4 members (excludes halogenated alkanes) is 2. The molecule has 14 heavy (non-hydrogen) atoms. The summed E-state index contributed by atoms with van der Waals surface area (Å²) in [6.45, 7) is 3.69. The number of hydrogen-bond donors (Lipinski definition) is 1. The molecule has 0 spiro atoms. The van der Waals surface area contributed by atoms with E-state index in [1.165, 1.54) is 17.3 Å². The standard InChI is InChI=1S/C10H20INO2/c1-2-8-14-9-10(13)12-7-5-3-4-6-11/h2-9H2,1H3,(H,12,13). The van der Waals surface area contributed by atoms with Crippen LogP contribution in [0.15, 0.2) is 0 Å². The minimum atomic E-state index is 0.00734. The zero-order valence-corrected chi connectivity index (χ0v) is 11.0. The van der Waals surface area contributed by atoms with Crippen LogP contribution in [0.1, 0.15) is 32.6 Å². The first-order chi connectivity index (χ1) is 6.81. The smallest absolute Gasteiger partial charge is 0.245 e. The number of carbonyl (C=O) groups is 1. The van der Waals surface area contributed by atoms with Crippen molar-refractivity contribution in [1.82, 2.24) is 5.32 Å². The lowest BCUT2D eigenvalue weighted by molar-refractivity contribution is -0.125. The predicted molar refractivity (Wildman–Crippen MR) is 66.9 cm³/mol. The van der Waals surface area contributed by atoms with Crippen molar-refractivity contribution >= 4 is 28.5 Å². The van der Waals surface area contributed by atoms with Crippen LogP contribution >= 0.6 is 22.6 Å². The van der Waals surface area contributed by atoms with Gasteiger partial charge in [-0.2, -0.15) is 0 Å². The molecule has 0 saturated carbocycles. The molecule has 0 aliphatic heterocycles. The highest BCUT2D eigenvalue weighted by Crippen LogP contribution is 1.97. The molecule has 0 unspecified atom stereocenters. The van der Waals surface area contributed by atoms with Crippen molar-refractivity contribution in [3.63, 3.8) is 0 Å². The second kappa shape index (κ2) is 11.2. The van der Waals surface area contributed by atoms with Gasteiger partial charge in [0.25, 0.3) is 0 Å². The van der Waals surface area contributed by atoms with Crippen molar-refractivity contribution in [2.24, 2.45) is 0 Å². The maximum Gasteiger partial charge on any atom is 0.245 e. The van der Waals surface area contributed by atoms with Gasteiger partial charge in [-0.15, -0.1) is 0 Å². The van der Waals surface area contributed by atoms with Crippen molar-refractivity contribution in [1.29, 1.82) is 0 Å². The van der Waals surface area contributed by atoms with E-state index in [0.29, 0.717) is 6.61 Å². The molecule has 0 saturated heterocycles. The van der Waals surface area contributed by atoms with Gasteiger partial charge >= 0.3 is 0 Å². The average molecular weight is 313 g/mol. The summed E-state index contributed by atoms with van der Waals surface area (Å²) in [5.74, 6) is 0.00734.